The Kier molecular flexibility index (Phi) is 5.29. The lowest BCUT2D eigenvalue weighted by Gasteiger charge is -2.05. The Morgan fingerprint density at radius 2 is 1.93 bits per heavy atom. The molecule has 2 aromatic carbocycles. The Bertz CT molecular complexity index is 1180. The van der Waals surface area contributed by atoms with Gasteiger partial charge in [-0.3, -0.25) is 4.79 Å². The van der Waals surface area contributed by atoms with Gasteiger partial charge in [0.25, 0.3) is 5.91 Å². The first-order chi connectivity index (χ1) is 14.7. The summed E-state index contributed by atoms with van der Waals surface area (Å²) in [6, 6.07) is 17.0. The molecule has 0 unspecified atom stereocenters. The number of amides is 1. The van der Waals surface area contributed by atoms with Crippen molar-refractivity contribution in [3.8, 4) is 17.1 Å². The monoisotopic (exact) mass is 402 g/mol. The van der Waals surface area contributed by atoms with Crippen molar-refractivity contribution in [1.82, 2.24) is 30.7 Å². The molecule has 4 aromatic rings. The van der Waals surface area contributed by atoms with Gasteiger partial charge in [0.05, 0.1) is 6.21 Å². The van der Waals surface area contributed by atoms with E-state index in [4.69, 9.17) is 5.73 Å². The number of nitrogens with zero attached hydrogens (tertiary/aromatic N) is 6. The van der Waals surface area contributed by atoms with Gasteiger partial charge in [-0.15, -0.1) is 5.10 Å². The number of nitrogens with two attached hydrogens (primary N) is 1. The number of aromatic nitrogens is 5. The molecule has 3 N–H and O–H groups in total. The van der Waals surface area contributed by atoms with Crippen LogP contribution in [0.3, 0.4) is 0 Å². The Labute approximate surface area is 171 Å². The summed E-state index contributed by atoms with van der Waals surface area (Å²) in [5.41, 5.74) is 11.5. The van der Waals surface area contributed by atoms with Gasteiger partial charge in [-0.2, -0.15) is 9.78 Å². The number of benzene rings is 2. The zero-order valence-electron chi connectivity index (χ0n) is 16.1. The fourth-order valence-electron chi connectivity index (χ4n) is 2.82. The van der Waals surface area contributed by atoms with Gasteiger partial charge in [-0.1, -0.05) is 66.7 Å². The highest BCUT2D eigenvalue weighted by Crippen LogP contribution is 2.24. The first-order valence-electron chi connectivity index (χ1n) is 9.19. The van der Waals surface area contributed by atoms with Crippen LogP contribution in [0.1, 0.15) is 28.5 Å². The Morgan fingerprint density at radius 1 is 1.17 bits per heavy atom. The van der Waals surface area contributed by atoms with Crippen LogP contribution in [0.25, 0.3) is 17.1 Å². The summed E-state index contributed by atoms with van der Waals surface area (Å²) in [6.45, 7) is 2.09. The van der Waals surface area contributed by atoms with Crippen LogP contribution in [-0.4, -0.2) is 37.4 Å². The number of carbonyl (C=O) groups excluding carboxylic acids is 1. The highest BCUT2D eigenvalue weighted by atomic mass is 16.6. The normalized spacial score (nSPS) is 11.1. The molecule has 0 aliphatic heterocycles. The maximum Gasteiger partial charge on any atom is 0.292 e. The van der Waals surface area contributed by atoms with Gasteiger partial charge in [0.15, 0.2) is 5.69 Å². The molecule has 0 saturated carbocycles. The van der Waals surface area contributed by atoms with Crippen molar-refractivity contribution in [2.24, 2.45) is 5.10 Å². The fraction of sp³-hybridized carbons (Fsp3) is 0.100. The molecule has 0 radical (unpaired) electrons. The number of anilines is 1. The number of carbonyl (C=O) groups is 1. The van der Waals surface area contributed by atoms with E-state index in [0.717, 1.165) is 12.0 Å². The molecular formula is C20H18N8O2. The molecule has 2 aromatic heterocycles. The maximum absolute atomic E-state index is 13.0. The molecular weight excluding hydrogens is 384 g/mol. The molecule has 0 spiro atoms. The predicted octanol–water partition coefficient (Wildman–Crippen LogP) is 2.23. The summed E-state index contributed by atoms with van der Waals surface area (Å²) in [5, 5.41) is 19.4. The second kappa shape index (κ2) is 8.35. The van der Waals surface area contributed by atoms with Gasteiger partial charge in [-0.25, -0.2) is 10.1 Å². The van der Waals surface area contributed by atoms with Crippen LogP contribution >= 0.6 is 0 Å². The molecule has 1 amide bonds. The minimum absolute atomic E-state index is 0.0203. The maximum atomic E-state index is 13.0. The minimum Gasteiger partial charge on any atom is -0.378 e. The summed E-state index contributed by atoms with van der Waals surface area (Å²) < 4.78 is 5.81. The summed E-state index contributed by atoms with van der Waals surface area (Å²) in [6.07, 6.45) is 2.51. The van der Waals surface area contributed by atoms with Crippen LogP contribution < -0.4 is 11.2 Å². The molecule has 0 fully saturated rings. The van der Waals surface area contributed by atoms with Crippen LogP contribution in [0.2, 0.25) is 0 Å². The van der Waals surface area contributed by atoms with Gasteiger partial charge in [0.1, 0.15) is 5.69 Å². The summed E-state index contributed by atoms with van der Waals surface area (Å²) in [7, 11) is 0. The lowest BCUT2D eigenvalue weighted by Crippen LogP contribution is -2.22. The topological polar surface area (TPSA) is 137 Å². The second-order valence-corrected chi connectivity index (χ2v) is 6.33. The van der Waals surface area contributed by atoms with E-state index in [1.54, 1.807) is 6.21 Å². The van der Waals surface area contributed by atoms with E-state index in [1.165, 1.54) is 10.2 Å². The zero-order chi connectivity index (χ0) is 20.9. The molecule has 0 saturated heterocycles. The Hall–Kier alpha value is -4.34. The highest BCUT2D eigenvalue weighted by Gasteiger charge is 2.25. The number of aryl methyl sites for hydroxylation is 1. The van der Waals surface area contributed by atoms with E-state index in [2.05, 4.69) is 42.7 Å². The third-order valence-corrected chi connectivity index (χ3v) is 4.40. The predicted molar refractivity (Wildman–Crippen MR) is 110 cm³/mol. The third-order valence-electron chi connectivity index (χ3n) is 4.40. The van der Waals surface area contributed by atoms with Crippen LogP contribution in [0, 0.1) is 0 Å². The Morgan fingerprint density at radius 3 is 2.60 bits per heavy atom. The molecule has 0 aliphatic carbocycles. The molecule has 10 heteroatoms. The van der Waals surface area contributed by atoms with Crippen molar-refractivity contribution >= 4 is 17.9 Å². The smallest absolute Gasteiger partial charge is 0.292 e. The van der Waals surface area contributed by atoms with E-state index < -0.39 is 5.91 Å². The third kappa shape index (κ3) is 3.78. The zero-order valence-corrected chi connectivity index (χ0v) is 16.1. The van der Waals surface area contributed by atoms with Crippen molar-refractivity contribution in [3.63, 3.8) is 0 Å². The molecule has 30 heavy (non-hydrogen) atoms. The van der Waals surface area contributed by atoms with Crippen molar-refractivity contribution in [3.05, 3.63) is 71.4 Å². The number of nitrogens with one attached hydrogen (secondary N) is 1. The fourth-order valence-corrected chi connectivity index (χ4v) is 2.82. The van der Waals surface area contributed by atoms with Gasteiger partial charge >= 0.3 is 0 Å². The molecule has 0 aliphatic rings. The first kappa shape index (κ1) is 19.0. The van der Waals surface area contributed by atoms with Crippen LogP contribution in [0.15, 0.2) is 64.3 Å². The van der Waals surface area contributed by atoms with Gasteiger partial charge < -0.3 is 5.73 Å². The van der Waals surface area contributed by atoms with Crippen molar-refractivity contribution in [2.75, 3.05) is 5.73 Å². The van der Waals surface area contributed by atoms with Crippen LogP contribution in [-0.2, 0) is 6.42 Å². The van der Waals surface area contributed by atoms with E-state index in [9.17, 15) is 4.79 Å². The van der Waals surface area contributed by atoms with E-state index in [1.807, 2.05) is 54.6 Å². The average Bonchev–Trinajstić information content (AvgIpc) is 3.40. The molecule has 4 rings (SSSR count). The standard InChI is InChI=1S/C20H18N8O2/c1-2-13-8-10-14(11-9-13)12-22-24-20(29)17-16(15-6-4-3-5-7-15)23-27-28(17)19-18(21)25-30-26-19/h3-12H,2H2,1H3,(H2,21,25)(H,24,29). The SMILES string of the molecule is CCc1ccc(C=NNC(=O)c2c(-c3ccccc3)nnn2-c2nonc2N)cc1. The molecule has 10 nitrogen and oxygen atoms in total. The average molecular weight is 402 g/mol. The lowest BCUT2D eigenvalue weighted by molar-refractivity contribution is 0.0948. The van der Waals surface area contributed by atoms with E-state index in [0.29, 0.717) is 11.3 Å². The van der Waals surface area contributed by atoms with Gasteiger partial charge in [0, 0.05) is 5.56 Å². The van der Waals surface area contributed by atoms with Crippen molar-refractivity contribution in [2.45, 2.75) is 13.3 Å². The number of hydrogen-bond acceptors (Lipinski definition) is 8. The molecule has 0 atom stereocenters. The number of nitrogen functional groups attached to an aromatic ring is 1. The van der Waals surface area contributed by atoms with Crippen molar-refractivity contribution < 1.29 is 9.42 Å². The minimum atomic E-state index is -0.539. The molecule has 2 heterocycles. The highest BCUT2D eigenvalue weighted by molar-refractivity contribution is 5.99. The molecule has 150 valence electrons. The summed E-state index contributed by atoms with van der Waals surface area (Å²) >= 11 is 0. The quantitative estimate of drug-likeness (QED) is 0.372. The molecule has 0 bridgehead atoms. The Balaban J connectivity index is 1.65. The van der Waals surface area contributed by atoms with Crippen LogP contribution in [0.4, 0.5) is 5.82 Å². The summed E-state index contributed by atoms with van der Waals surface area (Å²) in [5.74, 6) is -0.496. The summed E-state index contributed by atoms with van der Waals surface area (Å²) in [4.78, 5) is 13.0. The first-order valence-corrected chi connectivity index (χ1v) is 9.19. The number of rotatable bonds is 6. The lowest BCUT2D eigenvalue weighted by atomic mass is 10.1. The largest absolute Gasteiger partial charge is 0.378 e. The van der Waals surface area contributed by atoms with Crippen molar-refractivity contribution in [1.29, 1.82) is 0 Å². The van der Waals surface area contributed by atoms with Gasteiger partial charge in [0.2, 0.25) is 11.6 Å². The van der Waals surface area contributed by atoms with Gasteiger partial charge in [-0.05, 0) is 27.9 Å². The van der Waals surface area contributed by atoms with E-state index >= 15 is 0 Å². The second-order valence-electron chi connectivity index (χ2n) is 6.33. The van der Waals surface area contributed by atoms with E-state index in [-0.39, 0.29) is 17.3 Å². The van der Waals surface area contributed by atoms with Crippen LogP contribution in [0.5, 0.6) is 0 Å². The number of hydrazone groups is 1. The number of hydrogen-bond donors (Lipinski definition) is 2.